The molecule has 0 aliphatic carbocycles. The molecule has 1 aromatic rings. The minimum absolute atomic E-state index is 0.0804. The number of alkyl halides is 3. The van der Waals surface area contributed by atoms with E-state index in [-0.39, 0.29) is 24.1 Å². The molecule has 1 rings (SSSR count). The first-order valence-electron chi connectivity index (χ1n) is 6.82. The van der Waals surface area contributed by atoms with Crippen molar-refractivity contribution in [2.45, 2.75) is 39.4 Å². The van der Waals surface area contributed by atoms with Gasteiger partial charge in [0.05, 0.1) is 5.56 Å². The number of benzene rings is 1. The Balaban J connectivity index is 2.62. The van der Waals surface area contributed by atoms with Gasteiger partial charge >= 0.3 is 6.18 Å². The molecule has 0 heterocycles. The van der Waals surface area contributed by atoms with E-state index in [2.05, 4.69) is 5.32 Å². The highest BCUT2D eigenvalue weighted by Crippen LogP contribution is 2.30. The third-order valence-corrected chi connectivity index (χ3v) is 3.23. The van der Waals surface area contributed by atoms with Crippen LogP contribution in [0.5, 0.6) is 0 Å². The highest BCUT2D eigenvalue weighted by molar-refractivity contribution is 5.26. The lowest BCUT2D eigenvalue weighted by atomic mass is 9.88. The lowest BCUT2D eigenvalue weighted by Crippen LogP contribution is -2.29. The average Bonchev–Trinajstić information content (AvgIpc) is 2.34. The van der Waals surface area contributed by atoms with Crippen molar-refractivity contribution in [1.29, 1.82) is 0 Å². The highest BCUT2D eigenvalue weighted by Gasteiger charge is 2.31. The van der Waals surface area contributed by atoms with Crippen molar-refractivity contribution < 1.29 is 22.7 Å². The van der Waals surface area contributed by atoms with Crippen molar-refractivity contribution in [3.05, 3.63) is 35.1 Å². The standard InChI is InChI=1S/C15H21F4NO/c1-14(2,4-3-5-21)10-20-9-11-6-12(15(17,18)19)8-13(16)7-11/h6-8,20-21H,3-5,9-10H2,1-2H3. The van der Waals surface area contributed by atoms with Crippen LogP contribution in [0.25, 0.3) is 0 Å². The van der Waals surface area contributed by atoms with Gasteiger partial charge in [-0.15, -0.1) is 0 Å². The number of aliphatic hydroxyl groups excluding tert-OH is 1. The van der Waals surface area contributed by atoms with Crippen LogP contribution in [0.3, 0.4) is 0 Å². The first kappa shape index (κ1) is 17.9. The van der Waals surface area contributed by atoms with Crippen molar-refractivity contribution in [2.75, 3.05) is 13.2 Å². The zero-order chi connectivity index (χ0) is 16.1. The fraction of sp³-hybridized carbons (Fsp3) is 0.600. The predicted octanol–water partition coefficient (Wildman–Crippen LogP) is 3.73. The van der Waals surface area contributed by atoms with Gasteiger partial charge < -0.3 is 10.4 Å². The van der Waals surface area contributed by atoms with E-state index in [1.54, 1.807) is 0 Å². The normalized spacial score (nSPS) is 12.7. The van der Waals surface area contributed by atoms with Gasteiger partial charge in [-0.2, -0.15) is 13.2 Å². The Bertz CT molecular complexity index is 457. The molecule has 0 saturated heterocycles. The lowest BCUT2D eigenvalue weighted by molar-refractivity contribution is -0.137. The van der Waals surface area contributed by atoms with Crippen LogP contribution in [-0.4, -0.2) is 18.3 Å². The van der Waals surface area contributed by atoms with Crippen LogP contribution in [0.1, 0.15) is 37.8 Å². The summed E-state index contributed by atoms with van der Waals surface area (Å²) in [4.78, 5) is 0. The van der Waals surface area contributed by atoms with Crippen LogP contribution >= 0.6 is 0 Å². The fourth-order valence-corrected chi connectivity index (χ4v) is 2.11. The lowest BCUT2D eigenvalue weighted by Gasteiger charge is -2.24. The van der Waals surface area contributed by atoms with Gasteiger partial charge in [0.15, 0.2) is 0 Å². The Labute approximate surface area is 122 Å². The maximum absolute atomic E-state index is 13.2. The summed E-state index contributed by atoms with van der Waals surface area (Å²) < 4.78 is 51.0. The second-order valence-electron chi connectivity index (χ2n) is 5.94. The van der Waals surface area contributed by atoms with Gasteiger partial charge in [-0.3, -0.25) is 0 Å². The second-order valence-corrected chi connectivity index (χ2v) is 5.94. The fourth-order valence-electron chi connectivity index (χ4n) is 2.11. The summed E-state index contributed by atoms with van der Waals surface area (Å²) >= 11 is 0. The van der Waals surface area contributed by atoms with Crippen molar-refractivity contribution in [1.82, 2.24) is 5.32 Å². The van der Waals surface area contributed by atoms with Crippen molar-refractivity contribution in [3.63, 3.8) is 0 Å². The number of nitrogens with one attached hydrogen (secondary N) is 1. The monoisotopic (exact) mass is 307 g/mol. The van der Waals surface area contributed by atoms with Gasteiger partial charge in [0, 0.05) is 19.7 Å². The van der Waals surface area contributed by atoms with E-state index in [0.29, 0.717) is 19.0 Å². The van der Waals surface area contributed by atoms with Gasteiger partial charge in [0.2, 0.25) is 0 Å². The molecule has 2 N–H and O–H groups in total. The molecule has 120 valence electrons. The third-order valence-electron chi connectivity index (χ3n) is 3.23. The van der Waals surface area contributed by atoms with E-state index in [4.69, 9.17) is 5.11 Å². The topological polar surface area (TPSA) is 32.3 Å². The molecule has 0 unspecified atom stereocenters. The summed E-state index contributed by atoms with van der Waals surface area (Å²) in [7, 11) is 0. The Kier molecular flexibility index (Phi) is 6.16. The quantitative estimate of drug-likeness (QED) is 0.752. The summed E-state index contributed by atoms with van der Waals surface area (Å²) in [5, 5.41) is 11.8. The summed E-state index contributed by atoms with van der Waals surface area (Å²) in [5.41, 5.74) is -0.790. The molecule has 0 atom stereocenters. The molecule has 21 heavy (non-hydrogen) atoms. The molecular formula is C15H21F4NO. The van der Waals surface area contributed by atoms with Crippen LogP contribution in [0.2, 0.25) is 0 Å². The van der Waals surface area contributed by atoms with Crippen LogP contribution in [0, 0.1) is 11.2 Å². The highest BCUT2D eigenvalue weighted by atomic mass is 19.4. The molecule has 0 radical (unpaired) electrons. The van der Waals surface area contributed by atoms with Crippen LogP contribution in [-0.2, 0) is 12.7 Å². The minimum Gasteiger partial charge on any atom is -0.396 e. The maximum Gasteiger partial charge on any atom is 0.416 e. The minimum atomic E-state index is -4.54. The van der Waals surface area contributed by atoms with E-state index in [1.165, 1.54) is 0 Å². The molecule has 2 nitrogen and oxygen atoms in total. The largest absolute Gasteiger partial charge is 0.416 e. The van der Waals surface area contributed by atoms with Crippen LogP contribution in [0.4, 0.5) is 17.6 Å². The molecule has 0 aromatic heterocycles. The third kappa shape index (κ3) is 6.44. The van der Waals surface area contributed by atoms with Crippen LogP contribution < -0.4 is 5.32 Å². The molecule has 0 fully saturated rings. The number of rotatable bonds is 7. The molecule has 1 aromatic carbocycles. The summed E-state index contributed by atoms with van der Waals surface area (Å²) in [6.07, 6.45) is -3.07. The summed E-state index contributed by atoms with van der Waals surface area (Å²) in [5.74, 6) is -0.888. The van der Waals surface area contributed by atoms with Gasteiger partial charge in [-0.25, -0.2) is 4.39 Å². The Hall–Kier alpha value is -1.14. The van der Waals surface area contributed by atoms with Crippen LogP contribution in [0.15, 0.2) is 18.2 Å². The molecule has 0 bridgehead atoms. The molecule has 0 amide bonds. The molecular weight excluding hydrogens is 286 g/mol. The van der Waals surface area contributed by atoms with Crippen molar-refractivity contribution in [3.8, 4) is 0 Å². The van der Waals surface area contributed by atoms with E-state index in [0.717, 1.165) is 18.6 Å². The molecule has 6 heteroatoms. The van der Waals surface area contributed by atoms with Gasteiger partial charge in [0.25, 0.3) is 0 Å². The summed E-state index contributed by atoms with van der Waals surface area (Å²) in [6, 6.07) is 2.55. The van der Waals surface area contributed by atoms with E-state index in [9.17, 15) is 17.6 Å². The van der Waals surface area contributed by atoms with E-state index >= 15 is 0 Å². The molecule has 0 aliphatic heterocycles. The molecule has 0 aliphatic rings. The SMILES string of the molecule is CC(C)(CCCO)CNCc1cc(F)cc(C(F)(F)F)c1. The Morgan fingerprint density at radius 3 is 2.38 bits per heavy atom. The summed E-state index contributed by atoms with van der Waals surface area (Å²) in [6.45, 7) is 4.86. The molecule has 0 saturated carbocycles. The Morgan fingerprint density at radius 1 is 1.14 bits per heavy atom. The Morgan fingerprint density at radius 2 is 1.81 bits per heavy atom. The van der Waals surface area contributed by atoms with Crippen molar-refractivity contribution >= 4 is 0 Å². The van der Waals surface area contributed by atoms with Gasteiger partial charge in [0.1, 0.15) is 5.82 Å². The second kappa shape index (κ2) is 7.22. The molecule has 0 spiro atoms. The first-order chi connectivity index (χ1) is 9.64. The maximum atomic E-state index is 13.2. The number of hydrogen-bond donors (Lipinski definition) is 2. The van der Waals surface area contributed by atoms with Crippen molar-refractivity contribution in [2.24, 2.45) is 5.41 Å². The first-order valence-corrected chi connectivity index (χ1v) is 6.82. The van der Waals surface area contributed by atoms with Gasteiger partial charge in [-0.05, 0) is 42.0 Å². The number of halogens is 4. The zero-order valence-corrected chi connectivity index (χ0v) is 12.2. The van der Waals surface area contributed by atoms with Gasteiger partial charge in [-0.1, -0.05) is 13.8 Å². The number of hydrogen-bond acceptors (Lipinski definition) is 2. The predicted molar refractivity (Wildman–Crippen MR) is 73.2 cm³/mol. The average molecular weight is 307 g/mol. The zero-order valence-electron chi connectivity index (χ0n) is 12.2. The number of aliphatic hydroxyl groups is 1. The smallest absolute Gasteiger partial charge is 0.396 e. The van der Waals surface area contributed by atoms with E-state index < -0.39 is 17.6 Å². The van der Waals surface area contributed by atoms with E-state index in [1.807, 2.05) is 13.8 Å².